The number of rotatable bonds is 3. The maximum Gasteiger partial charge on any atom is 0.272 e. The molecular weight excluding hydrogens is 381 g/mol. The second-order valence-electron chi connectivity index (χ2n) is 7.86. The van der Waals surface area contributed by atoms with Crippen molar-refractivity contribution >= 4 is 11.6 Å². The molecule has 0 aliphatic carbocycles. The first-order valence-corrected chi connectivity index (χ1v) is 10.1. The van der Waals surface area contributed by atoms with Crippen molar-refractivity contribution < 1.29 is 14.3 Å². The summed E-state index contributed by atoms with van der Waals surface area (Å²) < 4.78 is 13.8. The van der Waals surface area contributed by atoms with Gasteiger partial charge in [0, 0.05) is 24.3 Å². The summed E-state index contributed by atoms with van der Waals surface area (Å²) in [6.07, 6.45) is 2.42. The van der Waals surface area contributed by atoms with Gasteiger partial charge in [-0.3, -0.25) is 9.78 Å². The molecule has 0 radical (unpaired) electrons. The summed E-state index contributed by atoms with van der Waals surface area (Å²) in [5, 5.41) is 13.4. The van der Waals surface area contributed by atoms with Crippen LogP contribution in [0, 0.1) is 11.7 Å². The van der Waals surface area contributed by atoms with E-state index in [0.29, 0.717) is 12.2 Å². The zero-order valence-electron chi connectivity index (χ0n) is 16.3. The fourth-order valence-electron chi connectivity index (χ4n) is 4.77. The van der Waals surface area contributed by atoms with Crippen molar-refractivity contribution in [1.29, 1.82) is 0 Å². The second-order valence-corrected chi connectivity index (χ2v) is 7.86. The minimum atomic E-state index is -0.283. The van der Waals surface area contributed by atoms with E-state index >= 15 is 0 Å². The van der Waals surface area contributed by atoms with Crippen LogP contribution in [0.4, 0.5) is 10.1 Å². The number of aromatic nitrogens is 1. The maximum absolute atomic E-state index is 13.8. The topological polar surface area (TPSA) is 65.5 Å². The first-order valence-electron chi connectivity index (χ1n) is 10.1. The third-order valence-electron chi connectivity index (χ3n) is 6.17. The summed E-state index contributed by atoms with van der Waals surface area (Å²) in [6.45, 7) is 0.602. The third kappa shape index (κ3) is 3.13. The lowest BCUT2D eigenvalue weighted by atomic mass is 9.82. The molecule has 5 nitrogen and oxygen atoms in total. The Morgan fingerprint density at radius 1 is 1.13 bits per heavy atom. The normalized spacial score (nSPS) is 22.2. The number of fused-ring (bicyclic) bond motifs is 3. The van der Waals surface area contributed by atoms with E-state index < -0.39 is 0 Å². The first-order chi connectivity index (χ1) is 14.7. The highest BCUT2D eigenvalue weighted by atomic mass is 19.1. The number of pyridine rings is 1. The number of amides is 1. The Morgan fingerprint density at radius 3 is 2.77 bits per heavy atom. The van der Waals surface area contributed by atoms with E-state index in [1.54, 1.807) is 24.4 Å². The number of anilines is 1. The van der Waals surface area contributed by atoms with E-state index in [-0.39, 0.29) is 36.3 Å². The van der Waals surface area contributed by atoms with Gasteiger partial charge in [-0.15, -0.1) is 0 Å². The Kier molecular flexibility index (Phi) is 4.71. The van der Waals surface area contributed by atoms with Crippen LogP contribution >= 0.6 is 0 Å². The largest absolute Gasteiger partial charge is 0.394 e. The minimum Gasteiger partial charge on any atom is -0.394 e. The molecule has 1 fully saturated rings. The van der Waals surface area contributed by atoms with Crippen molar-refractivity contribution in [3.8, 4) is 11.1 Å². The molecule has 0 spiro atoms. The molecule has 30 heavy (non-hydrogen) atoms. The molecular formula is C24H22FN3O2. The Morgan fingerprint density at radius 2 is 2.00 bits per heavy atom. The van der Waals surface area contributed by atoms with E-state index in [1.807, 2.05) is 35.2 Å². The Hall–Kier alpha value is -3.25. The third-order valence-corrected chi connectivity index (χ3v) is 6.17. The Balaban J connectivity index is 1.58. The van der Waals surface area contributed by atoms with Gasteiger partial charge in [-0.05, 0) is 59.5 Å². The molecule has 1 aromatic heterocycles. The number of halogens is 1. The van der Waals surface area contributed by atoms with E-state index in [4.69, 9.17) is 0 Å². The van der Waals surface area contributed by atoms with Crippen molar-refractivity contribution in [2.24, 2.45) is 5.92 Å². The van der Waals surface area contributed by atoms with Crippen LogP contribution in [0.3, 0.4) is 0 Å². The molecule has 0 unspecified atom stereocenters. The molecule has 2 aromatic carbocycles. The van der Waals surface area contributed by atoms with Gasteiger partial charge in [0.15, 0.2) is 0 Å². The zero-order valence-corrected chi connectivity index (χ0v) is 16.3. The first kappa shape index (κ1) is 18.8. The second kappa shape index (κ2) is 7.54. The van der Waals surface area contributed by atoms with Gasteiger partial charge in [-0.1, -0.05) is 24.3 Å². The number of benzene rings is 2. The van der Waals surface area contributed by atoms with E-state index in [9.17, 15) is 14.3 Å². The molecule has 152 valence electrons. The molecule has 3 aromatic rings. The van der Waals surface area contributed by atoms with Crippen LogP contribution in [0.2, 0.25) is 0 Å². The van der Waals surface area contributed by atoms with Crippen molar-refractivity contribution in [3.05, 3.63) is 83.9 Å². The van der Waals surface area contributed by atoms with Gasteiger partial charge in [-0.2, -0.15) is 0 Å². The van der Waals surface area contributed by atoms with E-state index in [2.05, 4.69) is 10.3 Å². The SMILES string of the molecule is O=C(c1ccccn1)N1CC[C@@H]2[C@H]1c1cc(-c3cccc(F)c3)ccc1N[C@@H]2CO. The minimum absolute atomic E-state index is 0.00211. The molecule has 6 heteroatoms. The smallest absolute Gasteiger partial charge is 0.272 e. The molecule has 2 aliphatic heterocycles. The van der Waals surface area contributed by atoms with Crippen molar-refractivity contribution in [2.75, 3.05) is 18.5 Å². The van der Waals surface area contributed by atoms with Crippen LogP contribution in [0.1, 0.15) is 28.5 Å². The molecule has 2 N–H and O–H groups in total. The molecule has 3 heterocycles. The lowest BCUT2D eigenvalue weighted by Gasteiger charge is -2.39. The molecule has 5 rings (SSSR count). The van der Waals surface area contributed by atoms with Gasteiger partial charge in [0.1, 0.15) is 11.5 Å². The number of hydrogen-bond acceptors (Lipinski definition) is 4. The van der Waals surface area contributed by atoms with Gasteiger partial charge in [0.25, 0.3) is 5.91 Å². The van der Waals surface area contributed by atoms with Gasteiger partial charge in [0.05, 0.1) is 18.7 Å². The van der Waals surface area contributed by atoms with Crippen LogP contribution < -0.4 is 5.32 Å². The molecule has 1 saturated heterocycles. The average molecular weight is 403 g/mol. The predicted molar refractivity (Wildman–Crippen MR) is 112 cm³/mol. The van der Waals surface area contributed by atoms with Crippen LogP contribution in [0.5, 0.6) is 0 Å². The number of nitrogens with zero attached hydrogens (tertiary/aromatic N) is 2. The zero-order chi connectivity index (χ0) is 20.7. The maximum atomic E-state index is 13.8. The number of likely N-dealkylation sites (tertiary alicyclic amines) is 1. The fourth-order valence-corrected chi connectivity index (χ4v) is 4.77. The number of hydrogen-bond donors (Lipinski definition) is 2. The quantitative estimate of drug-likeness (QED) is 0.697. The molecule has 3 atom stereocenters. The van der Waals surface area contributed by atoms with Gasteiger partial charge in [0.2, 0.25) is 0 Å². The van der Waals surface area contributed by atoms with Crippen LogP contribution in [-0.4, -0.2) is 40.1 Å². The molecule has 0 bridgehead atoms. The fraction of sp³-hybridized carbons (Fsp3) is 0.250. The predicted octanol–water partition coefficient (Wildman–Crippen LogP) is 3.88. The van der Waals surface area contributed by atoms with Gasteiger partial charge < -0.3 is 15.3 Å². The molecule has 2 aliphatic rings. The molecule has 0 saturated carbocycles. The Bertz CT molecular complexity index is 1090. The van der Waals surface area contributed by atoms with E-state index in [1.165, 1.54) is 12.1 Å². The summed E-state index contributed by atoms with van der Waals surface area (Å²) in [4.78, 5) is 19.3. The van der Waals surface area contributed by atoms with Crippen LogP contribution in [0.15, 0.2) is 66.9 Å². The van der Waals surface area contributed by atoms with Crippen LogP contribution in [0.25, 0.3) is 11.1 Å². The van der Waals surface area contributed by atoms with Crippen molar-refractivity contribution in [3.63, 3.8) is 0 Å². The number of carbonyl (C=O) groups excluding carboxylic acids is 1. The summed E-state index contributed by atoms with van der Waals surface area (Å²) in [6, 6.07) is 17.5. The summed E-state index contributed by atoms with van der Waals surface area (Å²) >= 11 is 0. The van der Waals surface area contributed by atoms with Gasteiger partial charge in [-0.25, -0.2) is 4.39 Å². The Labute approximate surface area is 174 Å². The van der Waals surface area contributed by atoms with Crippen molar-refractivity contribution in [2.45, 2.75) is 18.5 Å². The monoisotopic (exact) mass is 403 g/mol. The summed E-state index contributed by atoms with van der Waals surface area (Å²) in [5.74, 6) is -0.295. The standard InChI is InChI=1S/C24H22FN3O2/c25-17-5-3-4-15(12-17)16-7-8-20-19(13-16)23-18(22(14-29)27-20)9-11-28(23)24(30)21-6-1-2-10-26-21/h1-8,10,12-13,18,22-23,27,29H,9,11,14H2/t18-,22+,23-/m0/s1. The molecule has 1 amide bonds. The number of aliphatic hydroxyl groups excluding tert-OH is 1. The van der Waals surface area contributed by atoms with Gasteiger partial charge >= 0.3 is 0 Å². The number of carbonyl (C=O) groups is 1. The lowest BCUT2D eigenvalue weighted by molar-refractivity contribution is 0.0695. The van der Waals surface area contributed by atoms with Crippen molar-refractivity contribution in [1.82, 2.24) is 9.88 Å². The summed E-state index contributed by atoms with van der Waals surface area (Å²) in [7, 11) is 0. The lowest BCUT2D eigenvalue weighted by Crippen LogP contribution is -2.43. The highest BCUT2D eigenvalue weighted by molar-refractivity contribution is 5.93. The van der Waals surface area contributed by atoms with Crippen LogP contribution in [-0.2, 0) is 0 Å². The highest BCUT2D eigenvalue weighted by Crippen LogP contribution is 2.47. The highest BCUT2D eigenvalue weighted by Gasteiger charge is 2.46. The van der Waals surface area contributed by atoms with E-state index in [0.717, 1.165) is 28.8 Å². The summed E-state index contributed by atoms with van der Waals surface area (Å²) in [5.41, 5.74) is 4.00. The average Bonchev–Trinajstić information content (AvgIpc) is 3.24. The number of aliphatic hydroxyl groups is 1. The number of nitrogens with one attached hydrogen (secondary N) is 1.